The lowest BCUT2D eigenvalue weighted by molar-refractivity contribution is 0.313. The quantitative estimate of drug-likeness (QED) is 0.607. The Balaban J connectivity index is 3.90. The van der Waals surface area contributed by atoms with E-state index in [9.17, 15) is 8.42 Å². The molecule has 0 aromatic heterocycles. The van der Waals surface area contributed by atoms with Crippen molar-refractivity contribution in [3.63, 3.8) is 0 Å². The molecule has 0 saturated heterocycles. The zero-order valence-electron chi connectivity index (χ0n) is 7.58. The second kappa shape index (κ2) is 6.16. The first kappa shape index (κ1) is 11.6. The van der Waals surface area contributed by atoms with Crippen molar-refractivity contribution in [1.29, 1.82) is 0 Å². The first-order valence-electron chi connectivity index (χ1n) is 4.04. The molecule has 0 aliphatic rings. The molecule has 0 aliphatic heterocycles. The highest BCUT2D eigenvalue weighted by Gasteiger charge is 2.00. The van der Waals surface area contributed by atoms with Gasteiger partial charge >= 0.3 is 0 Å². The van der Waals surface area contributed by atoms with Crippen LogP contribution >= 0.6 is 0 Å². The highest BCUT2D eigenvalue weighted by molar-refractivity contribution is 7.72. The van der Waals surface area contributed by atoms with Crippen molar-refractivity contribution < 1.29 is 8.42 Å². The molecule has 0 aliphatic carbocycles. The van der Waals surface area contributed by atoms with Crippen molar-refractivity contribution >= 4 is 15.3 Å². The maximum Gasteiger partial charge on any atom is 0.228 e. The molecular formula is C7H16N2O2S. The maximum atomic E-state index is 10.3. The molecule has 0 unspecified atom stereocenters. The number of nitrogens with zero attached hydrogens (tertiary/aromatic N) is 1. The molecule has 0 aromatic carbocycles. The van der Waals surface area contributed by atoms with Gasteiger partial charge in [-0.15, -0.1) is 0 Å². The van der Waals surface area contributed by atoms with Crippen LogP contribution in [0.25, 0.3) is 0 Å². The predicted octanol–water partition coefficient (Wildman–Crippen LogP) is -0.314. The van der Waals surface area contributed by atoms with Crippen LogP contribution in [0.3, 0.4) is 0 Å². The highest BCUT2D eigenvalue weighted by Crippen LogP contribution is 1.89. The van der Waals surface area contributed by atoms with Crippen molar-refractivity contribution in [2.24, 2.45) is 5.73 Å². The molecule has 72 valence electrons. The highest BCUT2D eigenvalue weighted by atomic mass is 32.2. The van der Waals surface area contributed by atoms with Crippen LogP contribution in [0, 0.1) is 0 Å². The fourth-order valence-corrected chi connectivity index (χ4v) is 1.15. The van der Waals surface area contributed by atoms with Gasteiger partial charge in [0.05, 0.1) is 0 Å². The summed E-state index contributed by atoms with van der Waals surface area (Å²) in [5, 5.41) is 0. The Labute approximate surface area is 74.9 Å². The molecule has 0 fully saturated rings. The molecule has 4 nitrogen and oxygen atoms in total. The molecule has 5 heteroatoms. The van der Waals surface area contributed by atoms with Gasteiger partial charge in [-0.2, -0.15) is 8.42 Å². The van der Waals surface area contributed by atoms with E-state index in [-0.39, 0.29) is 4.99 Å². The summed E-state index contributed by atoms with van der Waals surface area (Å²) in [6.07, 6.45) is 0.428. The van der Waals surface area contributed by atoms with E-state index < -0.39 is 10.3 Å². The van der Waals surface area contributed by atoms with E-state index in [1.54, 1.807) is 0 Å². The Morgan fingerprint density at radius 2 is 1.83 bits per heavy atom. The summed E-state index contributed by atoms with van der Waals surface area (Å²) in [5.74, 6) is 0. The zero-order valence-corrected chi connectivity index (χ0v) is 8.39. The summed E-state index contributed by atoms with van der Waals surface area (Å²) in [4.78, 5) is 2.17. The Bertz CT molecular complexity index is 234. The molecule has 0 rings (SSSR count). The lowest BCUT2D eigenvalue weighted by Crippen LogP contribution is -2.28. The maximum absolute atomic E-state index is 10.3. The van der Waals surface area contributed by atoms with Crippen molar-refractivity contribution in [3.8, 4) is 0 Å². The van der Waals surface area contributed by atoms with Gasteiger partial charge in [0.1, 0.15) is 4.99 Å². The first-order valence-corrected chi connectivity index (χ1v) is 5.12. The lowest BCUT2D eigenvalue weighted by atomic mass is 10.4. The normalized spacial score (nSPS) is 10.3. The van der Waals surface area contributed by atoms with Crippen molar-refractivity contribution in [1.82, 2.24) is 4.90 Å². The van der Waals surface area contributed by atoms with Crippen LogP contribution in [0.2, 0.25) is 0 Å². The van der Waals surface area contributed by atoms with Crippen LogP contribution in [-0.2, 0) is 10.3 Å². The average molecular weight is 192 g/mol. The summed E-state index contributed by atoms with van der Waals surface area (Å²) >= 11 is 0. The SMILES string of the molecule is CCN(CC)CCC(N)=S(=O)=O. The Kier molecular flexibility index (Phi) is 5.96. The van der Waals surface area contributed by atoms with Gasteiger partial charge < -0.3 is 4.90 Å². The zero-order chi connectivity index (χ0) is 9.56. The summed E-state index contributed by atoms with van der Waals surface area (Å²) < 4.78 is 20.6. The third-order valence-corrected chi connectivity index (χ3v) is 2.42. The lowest BCUT2D eigenvalue weighted by Gasteiger charge is -2.16. The standard InChI is InChI=1S/C7H16N2O2S/c1-3-9(4-2)6-5-7(8)12(10)11/h3-6,8H2,1-2H3. The molecule has 0 amide bonds. The van der Waals surface area contributed by atoms with Gasteiger partial charge in [-0.25, -0.2) is 0 Å². The minimum Gasteiger partial charge on any atom is -0.303 e. The molecule has 0 bridgehead atoms. The van der Waals surface area contributed by atoms with E-state index in [1.807, 2.05) is 13.8 Å². The summed E-state index contributed by atoms with van der Waals surface area (Å²) in [7, 11) is -2.21. The first-order chi connectivity index (χ1) is 5.61. The van der Waals surface area contributed by atoms with Gasteiger partial charge in [0.25, 0.3) is 0 Å². The molecule has 0 radical (unpaired) electrons. The average Bonchev–Trinajstić information content (AvgIpc) is 2.05. The number of hydrogen-bond donors (Lipinski definition) is 1. The van der Waals surface area contributed by atoms with Gasteiger partial charge in [0.15, 0.2) is 0 Å². The van der Waals surface area contributed by atoms with Gasteiger partial charge in [0, 0.05) is 13.0 Å². The van der Waals surface area contributed by atoms with Gasteiger partial charge in [0.2, 0.25) is 10.3 Å². The van der Waals surface area contributed by atoms with Crippen molar-refractivity contribution in [2.45, 2.75) is 20.3 Å². The van der Waals surface area contributed by atoms with Gasteiger partial charge in [-0.1, -0.05) is 13.8 Å². The summed E-state index contributed by atoms with van der Waals surface area (Å²) in [5.41, 5.74) is 5.25. The van der Waals surface area contributed by atoms with Crippen LogP contribution in [0.4, 0.5) is 0 Å². The molecule has 12 heavy (non-hydrogen) atoms. The Morgan fingerprint density at radius 1 is 1.33 bits per heavy atom. The van der Waals surface area contributed by atoms with E-state index in [0.717, 1.165) is 13.1 Å². The summed E-state index contributed by atoms with van der Waals surface area (Å²) in [6, 6.07) is 0. The third kappa shape index (κ3) is 4.48. The number of rotatable bonds is 5. The van der Waals surface area contributed by atoms with Gasteiger partial charge in [-0.3, -0.25) is 5.73 Å². The van der Waals surface area contributed by atoms with Crippen LogP contribution in [0.1, 0.15) is 20.3 Å². The van der Waals surface area contributed by atoms with Crippen LogP contribution < -0.4 is 5.73 Å². The topological polar surface area (TPSA) is 63.4 Å². The third-order valence-electron chi connectivity index (χ3n) is 1.78. The Hall–Kier alpha value is -0.390. The smallest absolute Gasteiger partial charge is 0.228 e. The van der Waals surface area contributed by atoms with Crippen molar-refractivity contribution in [2.75, 3.05) is 19.6 Å². The second-order valence-corrected chi connectivity index (χ2v) is 3.47. The van der Waals surface area contributed by atoms with E-state index in [2.05, 4.69) is 4.90 Å². The monoisotopic (exact) mass is 192 g/mol. The largest absolute Gasteiger partial charge is 0.303 e. The minimum atomic E-state index is -2.21. The second-order valence-electron chi connectivity index (χ2n) is 2.48. The van der Waals surface area contributed by atoms with Crippen LogP contribution in [0.5, 0.6) is 0 Å². The van der Waals surface area contributed by atoms with E-state index in [1.165, 1.54) is 0 Å². The Morgan fingerprint density at radius 3 is 2.17 bits per heavy atom. The van der Waals surface area contributed by atoms with E-state index >= 15 is 0 Å². The minimum absolute atomic E-state index is 0.0434. The molecule has 0 heterocycles. The van der Waals surface area contributed by atoms with Crippen molar-refractivity contribution in [3.05, 3.63) is 0 Å². The van der Waals surface area contributed by atoms with Crippen LogP contribution in [0.15, 0.2) is 0 Å². The van der Waals surface area contributed by atoms with Crippen LogP contribution in [-0.4, -0.2) is 37.9 Å². The molecule has 0 atom stereocenters. The summed E-state index contributed by atoms with van der Waals surface area (Å²) in [6.45, 7) is 6.64. The molecule has 0 saturated carbocycles. The number of nitrogens with two attached hydrogens (primary N) is 1. The molecule has 0 aromatic rings. The molecule has 2 N–H and O–H groups in total. The number of hydrogen-bond acceptors (Lipinski definition) is 3. The van der Waals surface area contributed by atoms with E-state index in [0.29, 0.717) is 13.0 Å². The van der Waals surface area contributed by atoms with Gasteiger partial charge in [-0.05, 0) is 13.1 Å². The molecular weight excluding hydrogens is 176 g/mol. The van der Waals surface area contributed by atoms with E-state index in [4.69, 9.17) is 5.73 Å². The fourth-order valence-electron chi connectivity index (χ4n) is 0.891. The fraction of sp³-hybridized carbons (Fsp3) is 0.857. The molecule has 0 spiro atoms. The predicted molar refractivity (Wildman–Crippen MR) is 50.5 cm³/mol.